The molecule has 0 atom stereocenters. The summed E-state index contributed by atoms with van der Waals surface area (Å²) in [6.45, 7) is 0. The predicted molar refractivity (Wildman–Crippen MR) is 173 cm³/mol. The van der Waals surface area contributed by atoms with Gasteiger partial charge in [0.25, 0.3) is 0 Å². The lowest BCUT2D eigenvalue weighted by Gasteiger charge is -2.42. The average Bonchev–Trinajstić information content (AvgIpc) is 3.07. The summed E-state index contributed by atoms with van der Waals surface area (Å²) >= 11 is 1.85. The van der Waals surface area contributed by atoms with E-state index in [0.717, 1.165) is 33.5 Å². The molecule has 6 aromatic carbocycles. The number of para-hydroxylation sites is 1. The van der Waals surface area contributed by atoms with Gasteiger partial charge in [0, 0.05) is 26.3 Å². The van der Waals surface area contributed by atoms with Crippen LogP contribution in [0, 0.1) is 0 Å². The van der Waals surface area contributed by atoms with Crippen LogP contribution in [0.3, 0.4) is 0 Å². The third-order valence-electron chi connectivity index (χ3n) is 8.22. The van der Waals surface area contributed by atoms with E-state index in [1.807, 2.05) is 36.0 Å². The summed E-state index contributed by atoms with van der Waals surface area (Å²) in [5, 5.41) is 1.05. The van der Waals surface area contributed by atoms with Gasteiger partial charge in [0.15, 0.2) is 5.82 Å². The van der Waals surface area contributed by atoms with Crippen molar-refractivity contribution in [2.24, 2.45) is 0 Å². The third-order valence-corrected chi connectivity index (χ3v) is 9.37. The average molecular weight is 555 g/mol. The second kappa shape index (κ2) is 10.1. The first-order valence-corrected chi connectivity index (χ1v) is 15.0. The van der Waals surface area contributed by atoms with Crippen molar-refractivity contribution in [2.45, 2.75) is 15.2 Å². The Morgan fingerprint density at radius 1 is 0.452 bits per heavy atom. The maximum Gasteiger partial charge on any atom is 0.160 e. The maximum atomic E-state index is 5.21. The van der Waals surface area contributed by atoms with E-state index in [1.54, 1.807) is 0 Å². The lowest BCUT2D eigenvalue weighted by atomic mass is 9.64. The molecule has 0 aliphatic carbocycles. The van der Waals surface area contributed by atoms with Crippen LogP contribution in [0.15, 0.2) is 168 Å². The minimum Gasteiger partial charge on any atom is -0.228 e. The Kier molecular flexibility index (Phi) is 5.98. The molecule has 0 amide bonds. The van der Waals surface area contributed by atoms with Crippen molar-refractivity contribution in [3.05, 3.63) is 180 Å². The van der Waals surface area contributed by atoms with Crippen LogP contribution in [0.5, 0.6) is 0 Å². The molecule has 0 fully saturated rings. The van der Waals surface area contributed by atoms with Gasteiger partial charge < -0.3 is 0 Å². The zero-order valence-corrected chi connectivity index (χ0v) is 23.6. The van der Waals surface area contributed by atoms with Crippen LogP contribution < -0.4 is 0 Å². The van der Waals surface area contributed by atoms with Gasteiger partial charge >= 0.3 is 0 Å². The monoisotopic (exact) mass is 554 g/mol. The minimum absolute atomic E-state index is 0.485. The maximum absolute atomic E-state index is 5.21. The molecule has 1 aromatic heterocycles. The summed E-state index contributed by atoms with van der Waals surface area (Å²) in [6, 6.07) is 56.2. The van der Waals surface area contributed by atoms with Crippen LogP contribution in [0.25, 0.3) is 33.5 Å². The van der Waals surface area contributed by atoms with E-state index in [9.17, 15) is 0 Å². The lowest BCUT2D eigenvalue weighted by Crippen LogP contribution is -2.34. The van der Waals surface area contributed by atoms with E-state index < -0.39 is 5.41 Å². The summed E-state index contributed by atoms with van der Waals surface area (Å²) in [6.07, 6.45) is 0. The van der Waals surface area contributed by atoms with Gasteiger partial charge in [-0.3, -0.25) is 0 Å². The first kappa shape index (κ1) is 24.8. The zero-order valence-electron chi connectivity index (χ0n) is 22.8. The first-order valence-electron chi connectivity index (χ1n) is 14.2. The van der Waals surface area contributed by atoms with Crippen molar-refractivity contribution < 1.29 is 0 Å². The van der Waals surface area contributed by atoms with Gasteiger partial charge in [-0.2, -0.15) is 0 Å². The molecule has 2 nitrogen and oxygen atoms in total. The molecule has 0 unspecified atom stereocenters. The number of aromatic nitrogens is 2. The Balaban J connectivity index is 1.45. The largest absolute Gasteiger partial charge is 0.228 e. The Hall–Kier alpha value is -4.99. The van der Waals surface area contributed by atoms with Crippen LogP contribution in [-0.4, -0.2) is 9.97 Å². The highest BCUT2D eigenvalue weighted by Gasteiger charge is 2.44. The molecule has 0 spiro atoms. The summed E-state index contributed by atoms with van der Waals surface area (Å²) < 4.78 is 0. The molecule has 198 valence electrons. The number of rotatable bonds is 4. The fourth-order valence-electron chi connectivity index (χ4n) is 6.37. The van der Waals surface area contributed by atoms with Crippen LogP contribution in [-0.2, 0) is 5.41 Å². The van der Waals surface area contributed by atoms with Crippen LogP contribution in [0.2, 0.25) is 0 Å². The third kappa shape index (κ3) is 3.89. The Bertz CT molecular complexity index is 2010. The molecule has 8 rings (SSSR count). The van der Waals surface area contributed by atoms with Gasteiger partial charge in [0.05, 0.1) is 16.6 Å². The highest BCUT2D eigenvalue weighted by molar-refractivity contribution is 7.99. The number of hydrogen-bond acceptors (Lipinski definition) is 3. The van der Waals surface area contributed by atoms with Gasteiger partial charge in [-0.1, -0.05) is 145 Å². The second-order valence-electron chi connectivity index (χ2n) is 10.6. The standard InChI is InChI=1S/C39H26N2S/c1-4-14-27(15-5-1)38-40-34-22-12-10-20-31(34)37(41-38)28-24-25-36-33(26-28)39(29-16-6-2-7-17-29,30-18-8-3-9-19-30)32-21-11-13-23-35(32)42-36/h1-26H. The molecular weight excluding hydrogens is 529 g/mol. The molecular formula is C39H26N2S. The number of nitrogens with zero attached hydrogens (tertiary/aromatic N) is 2. The van der Waals surface area contributed by atoms with Gasteiger partial charge in [0.2, 0.25) is 0 Å². The molecule has 0 bridgehead atoms. The molecule has 1 aliphatic rings. The lowest BCUT2D eigenvalue weighted by molar-refractivity contribution is 0.703. The summed E-state index contributed by atoms with van der Waals surface area (Å²) in [5.41, 5.74) is 8.56. The van der Waals surface area contributed by atoms with Crippen molar-refractivity contribution in [1.29, 1.82) is 0 Å². The molecule has 0 radical (unpaired) electrons. The summed E-state index contributed by atoms with van der Waals surface area (Å²) in [4.78, 5) is 12.7. The molecule has 3 heteroatoms. The molecule has 0 saturated carbocycles. The number of benzene rings is 6. The predicted octanol–water partition coefficient (Wildman–Crippen LogP) is 9.81. The second-order valence-corrected chi connectivity index (χ2v) is 11.7. The van der Waals surface area contributed by atoms with Crippen molar-refractivity contribution in [3.63, 3.8) is 0 Å². The zero-order chi connectivity index (χ0) is 27.9. The van der Waals surface area contributed by atoms with E-state index in [-0.39, 0.29) is 0 Å². The number of fused-ring (bicyclic) bond motifs is 3. The van der Waals surface area contributed by atoms with E-state index in [4.69, 9.17) is 9.97 Å². The van der Waals surface area contributed by atoms with Crippen molar-refractivity contribution in [2.75, 3.05) is 0 Å². The number of hydrogen-bond donors (Lipinski definition) is 0. The van der Waals surface area contributed by atoms with Gasteiger partial charge in [-0.15, -0.1) is 0 Å². The van der Waals surface area contributed by atoms with E-state index >= 15 is 0 Å². The Labute approximate surface area is 249 Å². The van der Waals surface area contributed by atoms with E-state index in [0.29, 0.717) is 0 Å². The van der Waals surface area contributed by atoms with Crippen molar-refractivity contribution >= 4 is 22.7 Å². The highest BCUT2D eigenvalue weighted by Crippen LogP contribution is 2.56. The minimum atomic E-state index is -0.485. The fourth-order valence-corrected chi connectivity index (χ4v) is 7.54. The van der Waals surface area contributed by atoms with E-state index in [1.165, 1.54) is 32.0 Å². The topological polar surface area (TPSA) is 25.8 Å². The highest BCUT2D eigenvalue weighted by atomic mass is 32.2. The quantitative estimate of drug-likeness (QED) is 0.217. The van der Waals surface area contributed by atoms with E-state index in [2.05, 4.69) is 133 Å². The van der Waals surface area contributed by atoms with Crippen LogP contribution in [0.1, 0.15) is 22.3 Å². The fraction of sp³-hybridized carbons (Fsp3) is 0.0256. The van der Waals surface area contributed by atoms with Crippen LogP contribution >= 0.6 is 11.8 Å². The molecule has 2 heterocycles. The smallest absolute Gasteiger partial charge is 0.160 e. The molecule has 42 heavy (non-hydrogen) atoms. The molecule has 1 aliphatic heterocycles. The van der Waals surface area contributed by atoms with Gasteiger partial charge in [-0.05, 0) is 46.5 Å². The molecule has 0 N–H and O–H groups in total. The van der Waals surface area contributed by atoms with Crippen molar-refractivity contribution in [1.82, 2.24) is 9.97 Å². The SMILES string of the molecule is c1ccc(-c2nc(-c3ccc4c(c3)C(c3ccccc3)(c3ccccc3)c3ccccc3S4)c3ccccc3n2)cc1. The van der Waals surface area contributed by atoms with Crippen molar-refractivity contribution in [3.8, 4) is 22.6 Å². The van der Waals surface area contributed by atoms with Gasteiger partial charge in [0.1, 0.15) is 0 Å². The molecule has 0 saturated heterocycles. The van der Waals surface area contributed by atoms with Gasteiger partial charge in [-0.25, -0.2) is 9.97 Å². The summed E-state index contributed by atoms with van der Waals surface area (Å²) in [5.74, 6) is 0.735. The summed E-state index contributed by atoms with van der Waals surface area (Å²) in [7, 11) is 0. The van der Waals surface area contributed by atoms with Crippen LogP contribution in [0.4, 0.5) is 0 Å². The first-order chi connectivity index (χ1) is 20.8. The normalized spacial score (nSPS) is 13.3. The Morgan fingerprint density at radius 2 is 1.05 bits per heavy atom. The molecule has 7 aromatic rings. The Morgan fingerprint density at radius 3 is 1.79 bits per heavy atom.